The number of carbonyl (C=O) groups is 2. The summed E-state index contributed by atoms with van der Waals surface area (Å²) in [4.78, 5) is 25.6. The molecule has 0 aliphatic carbocycles. The van der Waals surface area contributed by atoms with Gasteiger partial charge >= 0.3 is 0 Å². The Balaban J connectivity index is 1.91. The minimum Gasteiger partial charge on any atom is -0.340 e. The molecule has 2 rings (SSSR count). The van der Waals surface area contributed by atoms with Gasteiger partial charge in [-0.05, 0) is 48.9 Å². The van der Waals surface area contributed by atoms with Crippen molar-refractivity contribution in [2.24, 2.45) is 0 Å². The summed E-state index contributed by atoms with van der Waals surface area (Å²) in [6.07, 6.45) is 2.00. The van der Waals surface area contributed by atoms with Crippen molar-refractivity contribution < 1.29 is 9.59 Å². The number of nitrogens with one attached hydrogen (secondary N) is 2. The van der Waals surface area contributed by atoms with E-state index < -0.39 is 6.04 Å². The molecular formula is C15H16N2O2S2. The first-order valence-electron chi connectivity index (χ1n) is 6.39. The van der Waals surface area contributed by atoms with Crippen LogP contribution in [0.3, 0.4) is 0 Å². The van der Waals surface area contributed by atoms with Crippen molar-refractivity contribution >= 4 is 40.6 Å². The zero-order chi connectivity index (χ0) is 15.2. The van der Waals surface area contributed by atoms with E-state index in [0.29, 0.717) is 4.88 Å². The van der Waals surface area contributed by atoms with E-state index in [2.05, 4.69) is 10.6 Å². The van der Waals surface area contributed by atoms with Crippen LogP contribution in [0.15, 0.2) is 46.7 Å². The third-order valence-corrected chi connectivity index (χ3v) is 4.46. The van der Waals surface area contributed by atoms with Crippen molar-refractivity contribution in [1.82, 2.24) is 5.32 Å². The van der Waals surface area contributed by atoms with Crippen LogP contribution in [0.2, 0.25) is 0 Å². The molecule has 0 aliphatic rings. The summed E-state index contributed by atoms with van der Waals surface area (Å²) >= 11 is 2.99. The van der Waals surface area contributed by atoms with Crippen LogP contribution in [-0.4, -0.2) is 24.1 Å². The molecule has 0 saturated carbocycles. The molecule has 0 fully saturated rings. The second kappa shape index (κ2) is 7.28. The van der Waals surface area contributed by atoms with Gasteiger partial charge in [0.15, 0.2) is 0 Å². The monoisotopic (exact) mass is 320 g/mol. The Kier molecular flexibility index (Phi) is 5.41. The van der Waals surface area contributed by atoms with Crippen molar-refractivity contribution in [2.75, 3.05) is 11.6 Å². The molecule has 6 heteroatoms. The van der Waals surface area contributed by atoms with Crippen LogP contribution in [0.5, 0.6) is 0 Å². The molecule has 1 aromatic heterocycles. The highest BCUT2D eigenvalue weighted by molar-refractivity contribution is 7.98. The van der Waals surface area contributed by atoms with E-state index in [1.54, 1.807) is 30.8 Å². The Hall–Kier alpha value is -1.79. The Morgan fingerprint density at radius 3 is 2.48 bits per heavy atom. The van der Waals surface area contributed by atoms with E-state index in [0.717, 1.165) is 10.6 Å². The lowest BCUT2D eigenvalue weighted by Crippen LogP contribution is -2.41. The van der Waals surface area contributed by atoms with Crippen molar-refractivity contribution in [3.63, 3.8) is 0 Å². The van der Waals surface area contributed by atoms with Crippen molar-refractivity contribution in [3.8, 4) is 0 Å². The zero-order valence-electron chi connectivity index (χ0n) is 11.8. The van der Waals surface area contributed by atoms with Crippen LogP contribution in [0.25, 0.3) is 0 Å². The molecule has 2 N–H and O–H groups in total. The SMILES string of the molecule is CSc1ccc(NC(=O)C(C)NC(=O)c2cccs2)cc1. The summed E-state index contributed by atoms with van der Waals surface area (Å²) in [6, 6.07) is 10.5. The number of carbonyl (C=O) groups excluding carboxylic acids is 2. The third-order valence-electron chi connectivity index (χ3n) is 2.84. The van der Waals surface area contributed by atoms with Gasteiger partial charge in [-0.3, -0.25) is 9.59 Å². The van der Waals surface area contributed by atoms with E-state index >= 15 is 0 Å². The molecule has 1 aromatic carbocycles. The average molecular weight is 320 g/mol. The summed E-state index contributed by atoms with van der Waals surface area (Å²) in [5.74, 6) is -0.470. The van der Waals surface area contributed by atoms with E-state index in [-0.39, 0.29) is 11.8 Å². The predicted molar refractivity (Wildman–Crippen MR) is 88.1 cm³/mol. The van der Waals surface area contributed by atoms with Crippen LogP contribution in [0, 0.1) is 0 Å². The molecule has 0 saturated heterocycles. The van der Waals surface area contributed by atoms with Crippen LogP contribution < -0.4 is 10.6 Å². The van der Waals surface area contributed by atoms with Gasteiger partial charge in [0.1, 0.15) is 6.04 Å². The first-order chi connectivity index (χ1) is 10.1. The van der Waals surface area contributed by atoms with Gasteiger partial charge in [-0.1, -0.05) is 6.07 Å². The third kappa shape index (κ3) is 4.34. The largest absolute Gasteiger partial charge is 0.340 e. The molecule has 2 amide bonds. The number of thioether (sulfide) groups is 1. The smallest absolute Gasteiger partial charge is 0.261 e. The van der Waals surface area contributed by atoms with Gasteiger partial charge in [0.25, 0.3) is 5.91 Å². The molecule has 1 unspecified atom stereocenters. The minimum absolute atomic E-state index is 0.231. The maximum atomic E-state index is 12.0. The Morgan fingerprint density at radius 2 is 1.90 bits per heavy atom. The van der Waals surface area contributed by atoms with Gasteiger partial charge < -0.3 is 10.6 Å². The highest BCUT2D eigenvalue weighted by Gasteiger charge is 2.17. The van der Waals surface area contributed by atoms with Gasteiger partial charge in [-0.25, -0.2) is 0 Å². The Morgan fingerprint density at radius 1 is 1.19 bits per heavy atom. The summed E-state index contributed by atoms with van der Waals surface area (Å²) < 4.78 is 0. The molecule has 0 aliphatic heterocycles. The highest BCUT2D eigenvalue weighted by atomic mass is 32.2. The maximum absolute atomic E-state index is 12.0. The number of anilines is 1. The predicted octanol–water partition coefficient (Wildman–Crippen LogP) is 3.23. The number of rotatable bonds is 5. The van der Waals surface area contributed by atoms with Crippen LogP contribution >= 0.6 is 23.1 Å². The number of amides is 2. The molecule has 2 aromatic rings. The van der Waals surface area contributed by atoms with Crippen molar-refractivity contribution in [1.29, 1.82) is 0 Å². The van der Waals surface area contributed by atoms with Gasteiger partial charge in [-0.15, -0.1) is 23.1 Å². The molecule has 21 heavy (non-hydrogen) atoms. The summed E-state index contributed by atoms with van der Waals surface area (Å²) in [7, 11) is 0. The average Bonchev–Trinajstić information content (AvgIpc) is 3.02. The summed E-state index contributed by atoms with van der Waals surface area (Å²) in [6.45, 7) is 1.66. The number of benzene rings is 1. The number of thiophene rings is 1. The Bertz CT molecular complexity index is 609. The van der Waals surface area contributed by atoms with E-state index in [1.165, 1.54) is 11.3 Å². The fourth-order valence-electron chi connectivity index (χ4n) is 1.67. The number of hydrogen-bond donors (Lipinski definition) is 2. The molecular weight excluding hydrogens is 304 g/mol. The van der Waals surface area contributed by atoms with E-state index in [4.69, 9.17) is 0 Å². The number of hydrogen-bond acceptors (Lipinski definition) is 4. The molecule has 0 radical (unpaired) electrons. The second-order valence-electron chi connectivity index (χ2n) is 4.39. The lowest BCUT2D eigenvalue weighted by Gasteiger charge is -2.13. The van der Waals surface area contributed by atoms with E-state index in [1.807, 2.05) is 35.9 Å². The van der Waals surface area contributed by atoms with Gasteiger partial charge in [-0.2, -0.15) is 0 Å². The second-order valence-corrected chi connectivity index (χ2v) is 6.22. The fraction of sp³-hybridized carbons (Fsp3) is 0.200. The molecule has 110 valence electrons. The molecule has 0 bridgehead atoms. The highest BCUT2D eigenvalue weighted by Crippen LogP contribution is 2.17. The van der Waals surface area contributed by atoms with Gasteiger partial charge in [0.2, 0.25) is 5.91 Å². The first-order valence-corrected chi connectivity index (χ1v) is 8.50. The zero-order valence-corrected chi connectivity index (χ0v) is 13.4. The maximum Gasteiger partial charge on any atom is 0.261 e. The topological polar surface area (TPSA) is 58.2 Å². The van der Waals surface area contributed by atoms with Crippen LogP contribution in [0.4, 0.5) is 5.69 Å². The van der Waals surface area contributed by atoms with Crippen LogP contribution in [0.1, 0.15) is 16.6 Å². The molecule has 0 spiro atoms. The van der Waals surface area contributed by atoms with Gasteiger partial charge in [0, 0.05) is 10.6 Å². The normalized spacial score (nSPS) is 11.7. The Labute approximate surface area is 131 Å². The quantitative estimate of drug-likeness (QED) is 0.832. The summed E-state index contributed by atoms with van der Waals surface area (Å²) in [5.41, 5.74) is 0.718. The lowest BCUT2D eigenvalue weighted by atomic mass is 10.2. The van der Waals surface area contributed by atoms with E-state index in [9.17, 15) is 9.59 Å². The minimum atomic E-state index is -0.597. The van der Waals surface area contributed by atoms with Crippen molar-refractivity contribution in [3.05, 3.63) is 46.7 Å². The lowest BCUT2D eigenvalue weighted by molar-refractivity contribution is -0.117. The molecule has 1 heterocycles. The first kappa shape index (κ1) is 15.6. The van der Waals surface area contributed by atoms with Crippen molar-refractivity contribution in [2.45, 2.75) is 17.9 Å². The molecule has 4 nitrogen and oxygen atoms in total. The fourth-order valence-corrected chi connectivity index (χ4v) is 2.70. The summed E-state index contributed by atoms with van der Waals surface area (Å²) in [5, 5.41) is 7.29. The molecule has 1 atom stereocenters. The van der Waals surface area contributed by atoms with Crippen LogP contribution in [-0.2, 0) is 4.79 Å². The van der Waals surface area contributed by atoms with Gasteiger partial charge in [0.05, 0.1) is 4.88 Å². The standard InChI is InChI=1S/C15H16N2O2S2/c1-10(16-15(19)13-4-3-9-21-13)14(18)17-11-5-7-12(20-2)8-6-11/h3-10H,1-2H3,(H,16,19)(H,17,18).